The van der Waals surface area contributed by atoms with Crippen molar-refractivity contribution in [2.24, 2.45) is 0 Å². The largest absolute Gasteiger partial charge is 0.481 e. The van der Waals surface area contributed by atoms with E-state index in [1.54, 1.807) is 0 Å². The van der Waals surface area contributed by atoms with E-state index in [0.717, 1.165) is 19.3 Å². The van der Waals surface area contributed by atoms with Gasteiger partial charge in [-0.2, -0.15) is 0 Å². The minimum atomic E-state index is -0.665. The van der Waals surface area contributed by atoms with E-state index in [4.69, 9.17) is 5.11 Å². The van der Waals surface area contributed by atoms with Crippen LogP contribution in [-0.4, -0.2) is 11.1 Å². The van der Waals surface area contributed by atoms with Crippen LogP contribution in [0.4, 0.5) is 0 Å². The van der Waals surface area contributed by atoms with Crippen LogP contribution in [0.5, 0.6) is 0 Å². The molecule has 0 amide bonds. The number of rotatable bonds is 12. The number of aliphatic carboxylic acids is 1. The average Bonchev–Trinajstić information content (AvgIpc) is 2.25. The SMILES string of the molecule is C=CCCCCCCCCCCCC(=O)O.Cl. The standard InChI is InChI=1S/C14H26O2.ClH/c1-2-3-4-5-6-7-8-9-10-11-12-13-14(15)16;/h2H,1,3-13H2,(H,15,16);1H. The molecule has 0 spiro atoms. The van der Waals surface area contributed by atoms with Crippen molar-refractivity contribution in [2.45, 2.75) is 70.6 Å². The highest BCUT2D eigenvalue weighted by Crippen LogP contribution is 2.11. The first kappa shape index (κ1) is 18.9. The average molecular weight is 263 g/mol. The van der Waals surface area contributed by atoms with Gasteiger partial charge in [-0.05, 0) is 19.3 Å². The third-order valence-corrected chi connectivity index (χ3v) is 2.80. The van der Waals surface area contributed by atoms with Crippen molar-refractivity contribution in [3.05, 3.63) is 12.7 Å². The van der Waals surface area contributed by atoms with E-state index in [2.05, 4.69) is 6.58 Å². The first-order valence-electron chi connectivity index (χ1n) is 6.60. The number of halogens is 1. The fraction of sp³-hybridized carbons (Fsp3) is 0.786. The Morgan fingerprint density at radius 2 is 1.29 bits per heavy atom. The van der Waals surface area contributed by atoms with E-state index in [1.807, 2.05) is 6.08 Å². The highest BCUT2D eigenvalue weighted by atomic mass is 35.5. The molecule has 0 aromatic carbocycles. The van der Waals surface area contributed by atoms with Crippen LogP contribution in [-0.2, 0) is 4.79 Å². The van der Waals surface area contributed by atoms with Crippen LogP contribution in [0.1, 0.15) is 70.6 Å². The van der Waals surface area contributed by atoms with Gasteiger partial charge in [0.15, 0.2) is 0 Å². The maximum absolute atomic E-state index is 10.3. The molecular weight excluding hydrogens is 236 g/mol. The molecule has 0 aliphatic rings. The number of carboxylic acids is 1. The molecule has 0 aliphatic heterocycles. The lowest BCUT2D eigenvalue weighted by molar-refractivity contribution is -0.137. The van der Waals surface area contributed by atoms with Gasteiger partial charge in [-0.1, -0.05) is 51.0 Å². The molecule has 1 N–H and O–H groups in total. The Bertz CT molecular complexity index is 181. The predicted molar refractivity (Wildman–Crippen MR) is 75.9 cm³/mol. The molecule has 0 fully saturated rings. The zero-order valence-electron chi connectivity index (χ0n) is 10.8. The molecule has 0 atom stereocenters. The van der Waals surface area contributed by atoms with Crippen LogP contribution in [0, 0.1) is 0 Å². The fourth-order valence-corrected chi connectivity index (χ4v) is 1.80. The summed E-state index contributed by atoms with van der Waals surface area (Å²) in [4.78, 5) is 10.3. The minimum Gasteiger partial charge on any atom is -0.481 e. The van der Waals surface area contributed by atoms with Crippen LogP contribution in [0.15, 0.2) is 12.7 Å². The molecule has 0 bridgehead atoms. The summed E-state index contributed by atoms with van der Waals surface area (Å²) in [6.45, 7) is 3.71. The summed E-state index contributed by atoms with van der Waals surface area (Å²) in [5, 5.41) is 8.45. The van der Waals surface area contributed by atoms with Gasteiger partial charge < -0.3 is 5.11 Å². The van der Waals surface area contributed by atoms with Gasteiger partial charge in [0.1, 0.15) is 0 Å². The van der Waals surface area contributed by atoms with Gasteiger partial charge in [-0.25, -0.2) is 0 Å². The summed E-state index contributed by atoms with van der Waals surface area (Å²) in [6.07, 6.45) is 14.4. The highest BCUT2D eigenvalue weighted by molar-refractivity contribution is 5.85. The molecule has 0 heterocycles. The second-order valence-electron chi connectivity index (χ2n) is 4.40. The molecule has 0 saturated carbocycles. The monoisotopic (exact) mass is 262 g/mol. The van der Waals surface area contributed by atoms with Crippen molar-refractivity contribution in [2.75, 3.05) is 0 Å². The molecule has 17 heavy (non-hydrogen) atoms. The van der Waals surface area contributed by atoms with E-state index in [9.17, 15) is 4.79 Å². The summed E-state index contributed by atoms with van der Waals surface area (Å²) in [5.74, 6) is -0.665. The van der Waals surface area contributed by atoms with Gasteiger partial charge in [0.25, 0.3) is 0 Å². The second-order valence-corrected chi connectivity index (χ2v) is 4.40. The molecule has 0 unspecified atom stereocenters. The van der Waals surface area contributed by atoms with Gasteiger partial charge in [-0.15, -0.1) is 19.0 Å². The van der Waals surface area contributed by atoms with Gasteiger partial charge >= 0.3 is 5.97 Å². The number of carboxylic acid groups (broad SMARTS) is 1. The molecule has 0 saturated heterocycles. The summed E-state index contributed by atoms with van der Waals surface area (Å²) in [7, 11) is 0. The van der Waals surface area contributed by atoms with Crippen molar-refractivity contribution in [1.82, 2.24) is 0 Å². The van der Waals surface area contributed by atoms with E-state index >= 15 is 0 Å². The number of hydrogen-bond donors (Lipinski definition) is 1. The summed E-state index contributed by atoms with van der Waals surface area (Å²) in [6, 6.07) is 0. The van der Waals surface area contributed by atoms with Gasteiger partial charge in [0, 0.05) is 6.42 Å². The maximum Gasteiger partial charge on any atom is 0.303 e. The topological polar surface area (TPSA) is 37.3 Å². The Morgan fingerprint density at radius 3 is 1.71 bits per heavy atom. The maximum atomic E-state index is 10.3. The second kappa shape index (κ2) is 15.5. The van der Waals surface area contributed by atoms with Gasteiger partial charge in [0.05, 0.1) is 0 Å². The first-order chi connectivity index (χ1) is 7.77. The van der Waals surface area contributed by atoms with Crippen LogP contribution in [0.2, 0.25) is 0 Å². The Balaban J connectivity index is 0. The van der Waals surface area contributed by atoms with Crippen molar-refractivity contribution >= 4 is 18.4 Å². The normalized spacial score (nSPS) is 9.65. The highest BCUT2D eigenvalue weighted by Gasteiger charge is 1.96. The molecule has 0 aliphatic carbocycles. The Labute approximate surface area is 112 Å². The van der Waals surface area contributed by atoms with E-state index < -0.39 is 5.97 Å². The van der Waals surface area contributed by atoms with Gasteiger partial charge in [-0.3, -0.25) is 4.79 Å². The lowest BCUT2D eigenvalue weighted by Gasteiger charge is -2.01. The number of allylic oxidation sites excluding steroid dienone is 1. The molecular formula is C14H27ClO2. The summed E-state index contributed by atoms with van der Waals surface area (Å²) >= 11 is 0. The first-order valence-corrected chi connectivity index (χ1v) is 6.60. The third-order valence-electron chi connectivity index (χ3n) is 2.80. The Morgan fingerprint density at radius 1 is 0.882 bits per heavy atom. The summed E-state index contributed by atoms with van der Waals surface area (Å²) < 4.78 is 0. The van der Waals surface area contributed by atoms with E-state index in [0.29, 0.717) is 6.42 Å². The van der Waals surface area contributed by atoms with Crippen LogP contribution < -0.4 is 0 Å². The fourth-order valence-electron chi connectivity index (χ4n) is 1.80. The molecule has 3 heteroatoms. The van der Waals surface area contributed by atoms with Crippen molar-refractivity contribution in [3.8, 4) is 0 Å². The lowest BCUT2D eigenvalue weighted by Crippen LogP contribution is -1.93. The lowest BCUT2D eigenvalue weighted by atomic mass is 10.1. The molecule has 0 aromatic heterocycles. The molecule has 2 nitrogen and oxygen atoms in total. The van der Waals surface area contributed by atoms with E-state index in [1.165, 1.54) is 44.9 Å². The molecule has 0 radical (unpaired) electrons. The van der Waals surface area contributed by atoms with Crippen LogP contribution >= 0.6 is 12.4 Å². The van der Waals surface area contributed by atoms with Crippen molar-refractivity contribution in [3.63, 3.8) is 0 Å². The van der Waals surface area contributed by atoms with Crippen molar-refractivity contribution < 1.29 is 9.90 Å². The Hall–Kier alpha value is -0.500. The van der Waals surface area contributed by atoms with Crippen molar-refractivity contribution in [1.29, 1.82) is 0 Å². The quantitative estimate of drug-likeness (QED) is 0.398. The zero-order valence-corrected chi connectivity index (χ0v) is 11.6. The molecule has 0 aromatic rings. The Kier molecular flexibility index (Phi) is 17.2. The minimum absolute atomic E-state index is 0. The summed E-state index contributed by atoms with van der Waals surface area (Å²) in [5.41, 5.74) is 0. The molecule has 0 rings (SSSR count). The van der Waals surface area contributed by atoms with Crippen LogP contribution in [0.25, 0.3) is 0 Å². The molecule has 102 valence electrons. The third kappa shape index (κ3) is 18.1. The number of unbranched alkanes of at least 4 members (excludes halogenated alkanes) is 9. The smallest absolute Gasteiger partial charge is 0.303 e. The van der Waals surface area contributed by atoms with Gasteiger partial charge in [0.2, 0.25) is 0 Å². The van der Waals surface area contributed by atoms with Crippen LogP contribution in [0.3, 0.4) is 0 Å². The zero-order chi connectivity index (χ0) is 12.1. The number of carbonyl (C=O) groups is 1. The predicted octanol–water partition coefficient (Wildman–Crippen LogP) is 4.97. The van der Waals surface area contributed by atoms with E-state index in [-0.39, 0.29) is 12.4 Å². The number of hydrogen-bond acceptors (Lipinski definition) is 1.